The van der Waals surface area contributed by atoms with Gasteiger partial charge >= 0.3 is 0 Å². The Morgan fingerprint density at radius 3 is 2.12 bits per heavy atom. The molecule has 1 aromatic heterocycles. The van der Waals surface area contributed by atoms with Crippen LogP contribution in [0.4, 0.5) is 0 Å². The molecule has 0 spiro atoms. The first-order chi connectivity index (χ1) is 11.8. The van der Waals surface area contributed by atoms with Gasteiger partial charge in [-0.2, -0.15) is 0 Å². The summed E-state index contributed by atoms with van der Waals surface area (Å²) in [6.07, 6.45) is 8.15. The van der Waals surface area contributed by atoms with E-state index in [1.54, 1.807) is 12.4 Å². The zero-order valence-electron chi connectivity index (χ0n) is 16.4. The fourth-order valence-corrected chi connectivity index (χ4v) is 7.36. The van der Waals surface area contributed by atoms with Crippen LogP contribution in [0.25, 0.3) is 0 Å². The predicted molar refractivity (Wildman–Crippen MR) is 111 cm³/mol. The van der Waals surface area contributed by atoms with Gasteiger partial charge in [0.05, 0.1) is 16.1 Å². The van der Waals surface area contributed by atoms with E-state index in [1.807, 2.05) is 0 Å². The van der Waals surface area contributed by atoms with E-state index >= 15 is 0 Å². The number of hydrogen-bond acceptors (Lipinski definition) is 2. The van der Waals surface area contributed by atoms with E-state index in [2.05, 4.69) is 39.6 Å². The molecule has 1 aromatic rings. The zero-order valence-corrected chi connectivity index (χ0v) is 18.9. The number of aromatic nitrogens is 1. The first-order valence-electron chi connectivity index (χ1n) is 9.75. The Bertz CT molecular complexity index is 546. The van der Waals surface area contributed by atoms with Crippen molar-refractivity contribution in [1.82, 2.24) is 4.98 Å². The molecule has 1 heterocycles. The molecule has 1 unspecified atom stereocenters. The second-order valence-electron chi connectivity index (χ2n) is 8.19. The van der Waals surface area contributed by atoms with Gasteiger partial charge in [0.2, 0.25) is 0 Å². The molecule has 1 saturated carbocycles. The number of halogens is 2. The van der Waals surface area contributed by atoms with Crippen LogP contribution in [0.15, 0.2) is 12.4 Å². The van der Waals surface area contributed by atoms with Crippen molar-refractivity contribution in [2.24, 2.45) is 11.3 Å². The van der Waals surface area contributed by atoms with E-state index in [-0.39, 0.29) is 6.10 Å². The topological polar surface area (TPSA) is 22.1 Å². The fraction of sp³-hybridized carbons (Fsp3) is 0.750. The highest BCUT2D eigenvalue weighted by Crippen LogP contribution is 2.54. The molecule has 0 N–H and O–H groups in total. The van der Waals surface area contributed by atoms with Gasteiger partial charge in [-0.1, -0.05) is 64.2 Å². The van der Waals surface area contributed by atoms with E-state index < -0.39 is 8.32 Å². The van der Waals surface area contributed by atoms with E-state index in [9.17, 15) is 0 Å². The van der Waals surface area contributed by atoms with E-state index in [4.69, 9.17) is 27.6 Å². The molecular formula is C20H33Cl2NOSi. The molecule has 0 bridgehead atoms. The Balaban J connectivity index is 2.16. The lowest BCUT2D eigenvalue weighted by atomic mass is 10.0. The first kappa shape index (κ1) is 21.2. The summed E-state index contributed by atoms with van der Waals surface area (Å²) >= 11 is 12.9. The Morgan fingerprint density at radius 2 is 1.68 bits per heavy atom. The third-order valence-corrected chi connectivity index (χ3v) is 11.5. The molecule has 1 fully saturated rings. The van der Waals surface area contributed by atoms with Crippen LogP contribution >= 0.6 is 23.2 Å². The summed E-state index contributed by atoms with van der Waals surface area (Å²) in [4.78, 5) is 4.11. The highest BCUT2D eigenvalue weighted by atomic mass is 35.5. The van der Waals surface area contributed by atoms with Crippen molar-refractivity contribution in [3.63, 3.8) is 0 Å². The third kappa shape index (κ3) is 5.21. The highest BCUT2D eigenvalue weighted by molar-refractivity contribution is 6.73. The van der Waals surface area contributed by atoms with Crippen LogP contribution in [-0.4, -0.2) is 13.3 Å². The number of rotatable bonds is 10. The monoisotopic (exact) mass is 401 g/mol. The second kappa shape index (κ2) is 8.73. The molecule has 2 nitrogen and oxygen atoms in total. The van der Waals surface area contributed by atoms with Crippen LogP contribution in [0.1, 0.15) is 72.0 Å². The Kier molecular flexibility index (Phi) is 7.41. The summed E-state index contributed by atoms with van der Waals surface area (Å²) in [6, 6.07) is 3.39. The van der Waals surface area contributed by atoms with Crippen LogP contribution in [0.5, 0.6) is 0 Å². The van der Waals surface area contributed by atoms with Crippen LogP contribution in [-0.2, 0) is 4.43 Å². The molecule has 1 aliphatic rings. The molecule has 2 rings (SSSR count). The van der Waals surface area contributed by atoms with E-state index in [0.717, 1.165) is 42.5 Å². The predicted octanol–water partition coefficient (Wildman–Crippen LogP) is 7.67. The van der Waals surface area contributed by atoms with Gasteiger partial charge in [0.25, 0.3) is 0 Å². The summed E-state index contributed by atoms with van der Waals surface area (Å²) in [6.45, 7) is 11.5. The lowest BCUT2D eigenvalue weighted by Crippen LogP contribution is -2.37. The minimum absolute atomic E-state index is 0.00335. The average Bonchev–Trinajstić information content (AvgIpc) is 3.19. The van der Waals surface area contributed by atoms with Crippen LogP contribution in [0.2, 0.25) is 28.2 Å². The number of hydrogen-bond donors (Lipinski definition) is 0. The summed E-state index contributed by atoms with van der Waals surface area (Å²) < 4.78 is 6.83. The van der Waals surface area contributed by atoms with Gasteiger partial charge in [-0.3, -0.25) is 4.98 Å². The Hall–Kier alpha value is -0.0931. The van der Waals surface area contributed by atoms with Crippen LogP contribution < -0.4 is 0 Å². The number of pyridine rings is 1. The lowest BCUT2D eigenvalue weighted by molar-refractivity contribution is 0.174. The SMILES string of the molecule is CC[Si](CC)(CC)OC(CCC[C@H]1CC1(C)C)c1c(Cl)cncc1Cl. The van der Waals surface area contributed by atoms with Crippen molar-refractivity contribution in [1.29, 1.82) is 0 Å². The van der Waals surface area contributed by atoms with E-state index in [0.29, 0.717) is 15.5 Å². The molecule has 1 aliphatic carbocycles. The maximum absolute atomic E-state index is 6.83. The Labute approximate surface area is 164 Å². The molecule has 0 radical (unpaired) electrons. The minimum atomic E-state index is -1.74. The lowest BCUT2D eigenvalue weighted by Gasteiger charge is -2.34. The van der Waals surface area contributed by atoms with Crippen molar-refractivity contribution < 1.29 is 4.43 Å². The summed E-state index contributed by atoms with van der Waals surface area (Å²) in [5.74, 6) is 0.863. The summed E-state index contributed by atoms with van der Waals surface area (Å²) in [5.41, 5.74) is 1.48. The average molecular weight is 402 g/mol. The van der Waals surface area contributed by atoms with Gasteiger partial charge in [0.15, 0.2) is 8.32 Å². The van der Waals surface area contributed by atoms with Gasteiger partial charge in [0.1, 0.15) is 0 Å². The maximum atomic E-state index is 6.83. The molecule has 0 saturated heterocycles. The maximum Gasteiger partial charge on any atom is 0.192 e. The van der Waals surface area contributed by atoms with Crippen molar-refractivity contribution >= 4 is 31.5 Å². The normalized spacial score (nSPS) is 20.5. The number of nitrogens with zero attached hydrogens (tertiary/aromatic N) is 1. The van der Waals surface area contributed by atoms with Gasteiger partial charge in [-0.15, -0.1) is 0 Å². The molecular weight excluding hydrogens is 369 g/mol. The summed E-state index contributed by atoms with van der Waals surface area (Å²) in [5, 5.41) is 1.27. The molecule has 142 valence electrons. The second-order valence-corrected chi connectivity index (χ2v) is 13.7. The van der Waals surface area contributed by atoms with Gasteiger partial charge in [0, 0.05) is 18.0 Å². The minimum Gasteiger partial charge on any atom is -0.410 e. The van der Waals surface area contributed by atoms with Crippen molar-refractivity contribution in [2.75, 3.05) is 0 Å². The smallest absolute Gasteiger partial charge is 0.192 e. The van der Waals surface area contributed by atoms with Crippen molar-refractivity contribution in [3.8, 4) is 0 Å². The molecule has 0 aliphatic heterocycles. The van der Waals surface area contributed by atoms with E-state index in [1.165, 1.54) is 12.8 Å². The van der Waals surface area contributed by atoms with Crippen molar-refractivity contribution in [3.05, 3.63) is 28.0 Å². The van der Waals surface area contributed by atoms with Gasteiger partial charge in [-0.05, 0) is 48.7 Å². The zero-order chi connectivity index (χ0) is 18.7. The molecule has 0 aromatic carbocycles. The van der Waals surface area contributed by atoms with Crippen LogP contribution in [0.3, 0.4) is 0 Å². The highest BCUT2D eigenvalue weighted by Gasteiger charge is 2.44. The quantitative estimate of drug-likeness (QED) is 0.375. The molecule has 2 atom stereocenters. The molecule has 25 heavy (non-hydrogen) atoms. The summed E-state index contributed by atoms with van der Waals surface area (Å²) in [7, 11) is -1.74. The van der Waals surface area contributed by atoms with Gasteiger partial charge < -0.3 is 4.43 Å². The van der Waals surface area contributed by atoms with Crippen LogP contribution in [0, 0.1) is 11.3 Å². The standard InChI is InChI=1S/C20H33Cl2NOSi/c1-6-25(7-2,8-3)24-18(11-9-10-15-12-20(15,4)5)19-16(21)13-23-14-17(19)22/h13-15,18H,6-12H2,1-5H3/t15-,18?/m0/s1. The fourth-order valence-electron chi connectivity index (χ4n) is 3.91. The van der Waals surface area contributed by atoms with Crippen molar-refractivity contribution in [2.45, 2.75) is 84.5 Å². The molecule has 5 heteroatoms. The largest absolute Gasteiger partial charge is 0.410 e. The Morgan fingerprint density at radius 1 is 1.16 bits per heavy atom. The van der Waals surface area contributed by atoms with Gasteiger partial charge in [-0.25, -0.2) is 0 Å². The molecule has 0 amide bonds. The third-order valence-electron chi connectivity index (χ3n) is 6.27. The first-order valence-corrected chi connectivity index (χ1v) is 13.0.